The number of nitrogen functional groups attached to an aromatic ring is 1. The monoisotopic (exact) mass is 932 g/mol. The number of H-pyrrole nitrogens is 1. The van der Waals surface area contributed by atoms with E-state index in [2.05, 4.69) is 121 Å². The van der Waals surface area contributed by atoms with Gasteiger partial charge in [0.05, 0.1) is 35.9 Å². The molecule has 0 radical (unpaired) electrons. The van der Waals surface area contributed by atoms with E-state index in [9.17, 15) is 14.7 Å². The number of benzene rings is 2. The number of nitrogens with two attached hydrogens (primary N) is 2. The van der Waals surface area contributed by atoms with Gasteiger partial charge in [-0.25, -0.2) is 9.48 Å². The fraction of sp³-hybridized carbons (Fsp3) is 0.490. The number of carbonyl (C=O) groups is 2. The summed E-state index contributed by atoms with van der Waals surface area (Å²) in [6.07, 6.45) is 15.6. The summed E-state index contributed by atoms with van der Waals surface area (Å²) in [7, 11) is -1.11. The van der Waals surface area contributed by atoms with Crippen molar-refractivity contribution in [2.75, 3.05) is 24.2 Å². The SMILES string of the molecule is CC1(C)CCc2c(C(=O)Nc3cnn(C(CCN)c4ccccc4)c3)n[nH]c2C1.CC1(C)CCc2c(C(=O)O)nn(COCC[Si](C)(C)C)c2C1.CCCC(c1ccccc1)n1cc(N)cn1. The van der Waals surface area contributed by atoms with Gasteiger partial charge < -0.3 is 26.6 Å². The van der Waals surface area contributed by atoms with Crippen LogP contribution in [0.3, 0.4) is 0 Å². The number of aromatic amines is 1. The predicted octanol–water partition coefficient (Wildman–Crippen LogP) is 9.57. The van der Waals surface area contributed by atoms with Crippen LogP contribution in [0.1, 0.15) is 133 Å². The summed E-state index contributed by atoms with van der Waals surface area (Å²) in [4.78, 5) is 24.2. The number of rotatable bonds is 16. The molecule has 2 aliphatic rings. The first-order chi connectivity index (χ1) is 31.9. The van der Waals surface area contributed by atoms with Crippen LogP contribution in [0, 0.1) is 10.8 Å². The number of ether oxygens (including phenoxy) is 1. The van der Waals surface area contributed by atoms with Crippen LogP contribution < -0.4 is 16.8 Å². The summed E-state index contributed by atoms with van der Waals surface area (Å²) in [6, 6.07) is 22.0. The molecule has 360 valence electrons. The largest absolute Gasteiger partial charge is 0.476 e. The molecular formula is C51H73N11O4Si. The third-order valence-corrected chi connectivity index (χ3v) is 14.3. The lowest BCUT2D eigenvalue weighted by atomic mass is 9.76. The lowest BCUT2D eigenvalue weighted by Gasteiger charge is -2.30. The maximum Gasteiger partial charge on any atom is 0.356 e. The first-order valence-corrected chi connectivity index (χ1v) is 27.5. The van der Waals surface area contributed by atoms with Gasteiger partial charge >= 0.3 is 5.97 Å². The van der Waals surface area contributed by atoms with Gasteiger partial charge in [0.2, 0.25) is 0 Å². The predicted molar refractivity (Wildman–Crippen MR) is 268 cm³/mol. The Morgan fingerprint density at radius 2 is 1.45 bits per heavy atom. The van der Waals surface area contributed by atoms with Crippen molar-refractivity contribution in [3.63, 3.8) is 0 Å². The van der Waals surface area contributed by atoms with Crippen molar-refractivity contribution in [2.24, 2.45) is 16.6 Å². The number of aromatic nitrogens is 8. The Labute approximate surface area is 397 Å². The Morgan fingerprint density at radius 3 is 2.03 bits per heavy atom. The molecule has 2 unspecified atom stereocenters. The molecule has 7 N–H and O–H groups in total. The van der Waals surface area contributed by atoms with Crippen molar-refractivity contribution in [3.8, 4) is 0 Å². The van der Waals surface area contributed by atoms with Crippen LogP contribution in [0.2, 0.25) is 25.7 Å². The topological polar surface area (TPSA) is 210 Å². The number of carboxylic acid groups (broad SMARTS) is 1. The van der Waals surface area contributed by atoms with Gasteiger partial charge in [-0.15, -0.1) is 0 Å². The van der Waals surface area contributed by atoms with Crippen LogP contribution in [0.15, 0.2) is 85.5 Å². The van der Waals surface area contributed by atoms with Crippen LogP contribution in [-0.2, 0) is 37.2 Å². The zero-order chi connectivity index (χ0) is 48.4. The lowest BCUT2D eigenvalue weighted by Crippen LogP contribution is -2.25. The first-order valence-electron chi connectivity index (χ1n) is 23.8. The third-order valence-electron chi connectivity index (χ3n) is 12.6. The molecule has 6 aromatic rings. The van der Waals surface area contributed by atoms with E-state index in [4.69, 9.17) is 16.2 Å². The van der Waals surface area contributed by atoms with Crippen molar-refractivity contribution >= 4 is 31.3 Å². The summed E-state index contributed by atoms with van der Waals surface area (Å²) in [5.74, 6) is -1.13. The molecule has 0 bridgehead atoms. The molecule has 4 aromatic heterocycles. The minimum absolute atomic E-state index is 0.0345. The molecule has 2 atom stereocenters. The Hall–Kier alpha value is -5.84. The highest BCUT2D eigenvalue weighted by atomic mass is 28.3. The minimum Gasteiger partial charge on any atom is -0.476 e. The van der Waals surface area contributed by atoms with Crippen molar-refractivity contribution < 1.29 is 19.4 Å². The van der Waals surface area contributed by atoms with Gasteiger partial charge in [-0.2, -0.15) is 20.4 Å². The molecule has 4 heterocycles. The number of hydrogen-bond acceptors (Lipinski definition) is 9. The summed E-state index contributed by atoms with van der Waals surface area (Å²) < 4.78 is 11.3. The molecule has 0 saturated carbocycles. The number of fused-ring (bicyclic) bond motifs is 2. The summed E-state index contributed by atoms with van der Waals surface area (Å²) in [5, 5.41) is 32.7. The first kappa shape index (κ1) is 50.6. The summed E-state index contributed by atoms with van der Waals surface area (Å²) in [5.41, 5.74) is 20.5. The molecule has 8 rings (SSSR count). The fourth-order valence-electron chi connectivity index (χ4n) is 8.81. The van der Waals surface area contributed by atoms with Crippen LogP contribution >= 0.6 is 0 Å². The number of anilines is 2. The van der Waals surface area contributed by atoms with E-state index in [0.29, 0.717) is 30.7 Å². The molecule has 0 aliphatic heterocycles. The van der Waals surface area contributed by atoms with Crippen molar-refractivity contribution in [1.82, 2.24) is 39.5 Å². The Morgan fingerprint density at radius 1 is 0.851 bits per heavy atom. The Bertz CT molecular complexity index is 2520. The number of amides is 1. The van der Waals surface area contributed by atoms with Gasteiger partial charge in [0.15, 0.2) is 11.4 Å². The number of hydrogen-bond donors (Lipinski definition) is 5. The molecule has 15 nitrogen and oxygen atoms in total. The highest BCUT2D eigenvalue weighted by Gasteiger charge is 2.33. The number of carboxylic acids is 1. The molecule has 16 heteroatoms. The zero-order valence-electron chi connectivity index (χ0n) is 40.9. The highest BCUT2D eigenvalue weighted by molar-refractivity contribution is 6.76. The van der Waals surface area contributed by atoms with Crippen LogP contribution in [0.5, 0.6) is 0 Å². The summed E-state index contributed by atoms with van der Waals surface area (Å²) in [6.45, 7) is 19.7. The molecule has 1 amide bonds. The van der Waals surface area contributed by atoms with Gasteiger partial charge in [-0.3, -0.25) is 19.3 Å². The van der Waals surface area contributed by atoms with Crippen molar-refractivity contribution in [1.29, 1.82) is 0 Å². The lowest BCUT2D eigenvalue weighted by molar-refractivity contribution is 0.0667. The van der Waals surface area contributed by atoms with Crippen LogP contribution in [0.4, 0.5) is 11.4 Å². The molecule has 2 aromatic carbocycles. The maximum atomic E-state index is 12.8. The van der Waals surface area contributed by atoms with E-state index in [-0.39, 0.29) is 28.5 Å². The number of aromatic carboxylic acids is 1. The van der Waals surface area contributed by atoms with Crippen molar-refractivity contribution in [2.45, 2.75) is 137 Å². The Kier molecular flexibility index (Phi) is 16.8. The molecule has 0 saturated heterocycles. The zero-order valence-corrected chi connectivity index (χ0v) is 41.9. The molecule has 67 heavy (non-hydrogen) atoms. The van der Waals surface area contributed by atoms with Gasteiger partial charge in [0.25, 0.3) is 5.91 Å². The van der Waals surface area contributed by atoms with Crippen molar-refractivity contribution in [3.05, 3.63) is 130 Å². The minimum atomic E-state index is -1.11. The van der Waals surface area contributed by atoms with E-state index < -0.39 is 14.0 Å². The van der Waals surface area contributed by atoms with Crippen LogP contribution in [-0.4, -0.2) is 77.7 Å². The fourth-order valence-corrected chi connectivity index (χ4v) is 9.57. The molecule has 0 spiro atoms. The average molecular weight is 932 g/mol. The van der Waals surface area contributed by atoms with E-state index in [1.165, 1.54) is 5.56 Å². The van der Waals surface area contributed by atoms with E-state index >= 15 is 0 Å². The average Bonchev–Trinajstić information content (AvgIpc) is 4.10. The molecule has 0 fully saturated rings. The normalized spacial score (nSPS) is 15.7. The number of carbonyl (C=O) groups excluding carboxylic acids is 1. The summed E-state index contributed by atoms with van der Waals surface area (Å²) >= 11 is 0. The maximum absolute atomic E-state index is 12.8. The van der Waals surface area contributed by atoms with Gasteiger partial charge in [0, 0.05) is 49.6 Å². The number of nitrogens with one attached hydrogen (secondary N) is 2. The molecule has 2 aliphatic carbocycles. The third kappa shape index (κ3) is 13.9. The van der Waals surface area contributed by atoms with Crippen LogP contribution in [0.25, 0.3) is 0 Å². The second-order valence-corrected chi connectivity index (χ2v) is 26.4. The second kappa shape index (κ2) is 22.3. The van der Waals surface area contributed by atoms with Gasteiger partial charge in [0.1, 0.15) is 6.73 Å². The van der Waals surface area contributed by atoms with Gasteiger partial charge in [-0.1, -0.05) is 121 Å². The number of nitrogens with zero attached hydrogens (tertiary/aromatic N) is 7. The quantitative estimate of drug-likeness (QED) is 0.0458. The highest BCUT2D eigenvalue weighted by Crippen LogP contribution is 2.37. The smallest absolute Gasteiger partial charge is 0.356 e. The molecular weight excluding hydrogens is 859 g/mol. The standard InChI is InChI=1S/C22H28N6O.C16H28N2O3Si.C13H17N3/c1-22(2)10-8-17-18(12-22)26-27-20(17)21(29)25-16-13-24-28(14-16)19(9-11-23)15-6-4-3-5-7-15;1-16(2)7-6-12-13(10-16)18(17-14(12)15(19)20)11-21-8-9-22(3,4)5;1-2-6-13(11-7-4-3-5-8-11)16-10-12(14)9-15-16/h3-7,13-14,19H,8-12,23H2,1-2H3,(H,25,29)(H,26,27);6-11H2,1-5H3,(H,19,20);3-5,7-10,13H,2,6,14H2,1H3. The van der Waals surface area contributed by atoms with Gasteiger partial charge in [-0.05, 0) is 85.9 Å². The Balaban J connectivity index is 0.000000173. The van der Waals surface area contributed by atoms with E-state index in [1.54, 1.807) is 17.1 Å². The van der Waals surface area contributed by atoms with E-state index in [1.807, 2.05) is 46.0 Å². The van der Waals surface area contributed by atoms with E-state index in [0.717, 1.165) is 104 Å². The second-order valence-electron chi connectivity index (χ2n) is 20.8.